The Morgan fingerprint density at radius 2 is 1.64 bits per heavy atom. The summed E-state index contributed by atoms with van der Waals surface area (Å²) in [6.45, 7) is 2.92. The maximum absolute atomic E-state index is 13.1. The van der Waals surface area contributed by atoms with Crippen LogP contribution in [-0.4, -0.2) is 47.3 Å². The number of alkyl halides is 3. The van der Waals surface area contributed by atoms with Gasteiger partial charge in [-0.25, -0.2) is 8.42 Å². The van der Waals surface area contributed by atoms with Crippen LogP contribution < -0.4 is 9.80 Å². The van der Waals surface area contributed by atoms with Crippen molar-refractivity contribution in [3.8, 4) is 0 Å². The largest absolute Gasteiger partial charge is 0.501 e. The van der Waals surface area contributed by atoms with Gasteiger partial charge in [0.05, 0.1) is 23.8 Å². The van der Waals surface area contributed by atoms with E-state index in [0.717, 1.165) is 30.4 Å². The summed E-state index contributed by atoms with van der Waals surface area (Å²) in [5, 5.41) is 0. The van der Waals surface area contributed by atoms with E-state index < -0.39 is 20.2 Å². The molecule has 0 saturated carbocycles. The normalized spacial score (nSPS) is 15.5. The zero-order chi connectivity index (χ0) is 20.4. The predicted molar refractivity (Wildman–Crippen MR) is 101 cm³/mol. The van der Waals surface area contributed by atoms with Crippen LogP contribution in [-0.2, 0) is 21.1 Å². The van der Waals surface area contributed by atoms with Crippen molar-refractivity contribution in [2.75, 3.05) is 43.2 Å². The molecule has 1 heterocycles. The summed E-state index contributed by atoms with van der Waals surface area (Å²) in [5.74, 6) is 0. The van der Waals surface area contributed by atoms with E-state index in [1.807, 2.05) is 24.3 Å². The van der Waals surface area contributed by atoms with Gasteiger partial charge in [0.15, 0.2) is 0 Å². The van der Waals surface area contributed by atoms with E-state index in [1.165, 1.54) is 23.1 Å². The van der Waals surface area contributed by atoms with Gasteiger partial charge in [-0.3, -0.25) is 0 Å². The van der Waals surface area contributed by atoms with Crippen molar-refractivity contribution in [3.05, 3.63) is 54.1 Å². The second-order valence-electron chi connectivity index (χ2n) is 6.50. The molecule has 9 heteroatoms. The molecule has 1 aliphatic heterocycles. The zero-order valence-electron chi connectivity index (χ0n) is 15.3. The minimum Gasteiger partial charge on any atom is -0.378 e. The van der Waals surface area contributed by atoms with Crippen LogP contribution in [0, 0.1) is 0 Å². The van der Waals surface area contributed by atoms with Gasteiger partial charge < -0.3 is 14.5 Å². The lowest BCUT2D eigenvalue weighted by Crippen LogP contribution is -2.37. The highest BCUT2D eigenvalue weighted by Crippen LogP contribution is 2.36. The van der Waals surface area contributed by atoms with Gasteiger partial charge >= 0.3 is 5.51 Å². The Bertz CT molecular complexity index is 926. The highest BCUT2D eigenvalue weighted by atomic mass is 32.2. The highest BCUT2D eigenvalue weighted by molar-refractivity contribution is 7.92. The third-order valence-electron chi connectivity index (χ3n) is 4.62. The maximum atomic E-state index is 13.1. The summed E-state index contributed by atoms with van der Waals surface area (Å²) in [5.41, 5.74) is -3.48. The van der Waals surface area contributed by atoms with Crippen LogP contribution in [0.2, 0.25) is 0 Å². The molecule has 1 saturated heterocycles. The lowest BCUT2D eigenvalue weighted by molar-refractivity contribution is -0.0435. The second kappa shape index (κ2) is 8.00. The fraction of sp³-hybridized carbons (Fsp3) is 0.368. The number of ether oxygens (including phenoxy) is 1. The molecule has 5 nitrogen and oxygen atoms in total. The topological polar surface area (TPSA) is 49.9 Å². The molecule has 3 rings (SSSR count). The van der Waals surface area contributed by atoms with E-state index in [0.29, 0.717) is 13.2 Å². The highest BCUT2D eigenvalue weighted by Gasteiger charge is 2.48. The van der Waals surface area contributed by atoms with Crippen LogP contribution in [0.25, 0.3) is 0 Å². The molecule has 0 bridgehead atoms. The average Bonchev–Trinajstić information content (AvgIpc) is 2.68. The van der Waals surface area contributed by atoms with Crippen LogP contribution >= 0.6 is 0 Å². The Balaban J connectivity index is 1.93. The van der Waals surface area contributed by atoms with Gasteiger partial charge in [-0.1, -0.05) is 30.3 Å². The van der Waals surface area contributed by atoms with Crippen molar-refractivity contribution < 1.29 is 26.3 Å². The van der Waals surface area contributed by atoms with Gasteiger partial charge in [0.2, 0.25) is 0 Å². The molecule has 2 aromatic carbocycles. The van der Waals surface area contributed by atoms with Gasteiger partial charge in [0, 0.05) is 32.4 Å². The maximum Gasteiger partial charge on any atom is 0.501 e. The Kier molecular flexibility index (Phi) is 5.85. The number of hydrogen-bond donors (Lipinski definition) is 0. The monoisotopic (exact) mass is 414 g/mol. The van der Waals surface area contributed by atoms with Gasteiger partial charge in [0.25, 0.3) is 9.84 Å². The molecule has 0 unspecified atom stereocenters. The van der Waals surface area contributed by atoms with Crippen LogP contribution in [0.5, 0.6) is 0 Å². The number of benzene rings is 2. The first kappa shape index (κ1) is 20.5. The SMILES string of the molecule is CN(Cc1ccccc1N1CCOCC1)c1ccccc1S(=O)(=O)C(F)(F)F. The van der Waals surface area contributed by atoms with Crippen LogP contribution in [0.4, 0.5) is 24.5 Å². The quantitative estimate of drug-likeness (QED) is 0.750. The standard InChI is InChI=1S/C19H21F3N2O3S/c1-23(17-8-4-5-9-18(17)28(25,26)19(20,21)22)14-15-6-2-3-7-16(15)24-10-12-27-13-11-24/h2-9H,10-14H2,1H3. The molecule has 0 radical (unpaired) electrons. The van der Waals surface area contributed by atoms with Crippen molar-refractivity contribution in [3.63, 3.8) is 0 Å². The summed E-state index contributed by atoms with van der Waals surface area (Å²) in [4.78, 5) is 2.94. The summed E-state index contributed by atoms with van der Waals surface area (Å²) in [6, 6.07) is 12.8. The van der Waals surface area contributed by atoms with Crippen LogP contribution in [0.3, 0.4) is 0 Å². The Morgan fingerprint density at radius 1 is 1.04 bits per heavy atom. The second-order valence-corrected chi connectivity index (χ2v) is 8.41. The molecule has 0 atom stereocenters. The number of rotatable bonds is 5. The Labute approximate surface area is 162 Å². The molecule has 0 spiro atoms. The fourth-order valence-electron chi connectivity index (χ4n) is 3.22. The first-order valence-corrected chi connectivity index (χ1v) is 10.2. The van der Waals surface area contributed by atoms with E-state index in [2.05, 4.69) is 4.90 Å². The minimum absolute atomic E-state index is 0.0107. The van der Waals surface area contributed by atoms with E-state index in [-0.39, 0.29) is 12.2 Å². The smallest absolute Gasteiger partial charge is 0.378 e. The van der Waals surface area contributed by atoms with Crippen molar-refractivity contribution in [1.82, 2.24) is 0 Å². The summed E-state index contributed by atoms with van der Waals surface area (Å²) >= 11 is 0. The molecule has 1 fully saturated rings. The molecule has 1 aliphatic rings. The lowest BCUT2D eigenvalue weighted by atomic mass is 10.1. The molecule has 0 aromatic heterocycles. The zero-order valence-corrected chi connectivity index (χ0v) is 16.1. The third kappa shape index (κ3) is 4.10. The van der Waals surface area contributed by atoms with E-state index in [1.54, 1.807) is 7.05 Å². The number of hydrogen-bond acceptors (Lipinski definition) is 5. The van der Waals surface area contributed by atoms with Gasteiger partial charge in [-0.05, 0) is 23.8 Å². The molecule has 0 aliphatic carbocycles. The number of nitrogens with zero attached hydrogens (tertiary/aromatic N) is 2. The van der Waals surface area contributed by atoms with Crippen LogP contribution in [0.1, 0.15) is 5.56 Å². The number of para-hydroxylation sites is 2. The number of sulfone groups is 1. The van der Waals surface area contributed by atoms with Gasteiger partial charge in [0.1, 0.15) is 0 Å². The minimum atomic E-state index is -5.44. The summed E-state index contributed by atoms with van der Waals surface area (Å²) in [7, 11) is -3.86. The van der Waals surface area contributed by atoms with Crippen molar-refractivity contribution in [1.29, 1.82) is 0 Å². The molecule has 2 aromatic rings. The Hall–Kier alpha value is -2.26. The molecule has 28 heavy (non-hydrogen) atoms. The average molecular weight is 414 g/mol. The molecular formula is C19H21F3N2O3S. The fourth-order valence-corrected chi connectivity index (χ4v) is 4.23. The first-order chi connectivity index (χ1) is 13.2. The summed E-state index contributed by atoms with van der Waals surface area (Å²) in [6.07, 6.45) is 0. The van der Waals surface area contributed by atoms with E-state index in [9.17, 15) is 21.6 Å². The van der Waals surface area contributed by atoms with Gasteiger partial charge in [-0.15, -0.1) is 0 Å². The van der Waals surface area contributed by atoms with Crippen molar-refractivity contribution in [2.24, 2.45) is 0 Å². The third-order valence-corrected chi connectivity index (χ3v) is 6.16. The first-order valence-electron chi connectivity index (χ1n) is 8.74. The summed E-state index contributed by atoms with van der Waals surface area (Å²) < 4.78 is 68.5. The van der Waals surface area contributed by atoms with Crippen molar-refractivity contribution in [2.45, 2.75) is 16.9 Å². The Morgan fingerprint density at radius 3 is 2.32 bits per heavy atom. The number of morpholine rings is 1. The predicted octanol–water partition coefficient (Wildman–Crippen LogP) is 3.45. The lowest BCUT2D eigenvalue weighted by Gasteiger charge is -2.32. The molecule has 0 N–H and O–H groups in total. The van der Waals surface area contributed by atoms with E-state index >= 15 is 0 Å². The van der Waals surface area contributed by atoms with Crippen molar-refractivity contribution >= 4 is 21.2 Å². The molecule has 152 valence electrons. The number of halogens is 3. The molecule has 0 amide bonds. The van der Waals surface area contributed by atoms with Crippen LogP contribution in [0.15, 0.2) is 53.4 Å². The number of anilines is 2. The van der Waals surface area contributed by atoms with Gasteiger partial charge in [-0.2, -0.15) is 13.2 Å². The molecular weight excluding hydrogens is 393 g/mol. The van der Waals surface area contributed by atoms with E-state index in [4.69, 9.17) is 4.74 Å².